The molecule has 1 aromatic heterocycles. The number of likely N-dealkylation sites (N-methyl/N-ethyl adjacent to an activating group) is 1. The Morgan fingerprint density at radius 2 is 2.10 bits per heavy atom. The molecular formula is C21H30FIN4OS. The number of aliphatic imine (C=N–C) groups is 1. The molecule has 8 heteroatoms. The van der Waals surface area contributed by atoms with E-state index >= 15 is 0 Å². The van der Waals surface area contributed by atoms with Gasteiger partial charge in [-0.25, -0.2) is 9.38 Å². The van der Waals surface area contributed by atoms with Gasteiger partial charge >= 0.3 is 0 Å². The second-order valence-electron chi connectivity index (χ2n) is 6.81. The van der Waals surface area contributed by atoms with Gasteiger partial charge < -0.3 is 19.9 Å². The number of morpholine rings is 1. The molecule has 2 heterocycles. The molecule has 0 unspecified atom stereocenters. The Bertz CT molecular complexity index is 766. The van der Waals surface area contributed by atoms with Gasteiger partial charge in [0.2, 0.25) is 0 Å². The molecule has 2 aromatic rings. The first kappa shape index (κ1) is 23.9. The van der Waals surface area contributed by atoms with Gasteiger partial charge in [0, 0.05) is 38.1 Å². The summed E-state index contributed by atoms with van der Waals surface area (Å²) >= 11 is 1.77. The van der Waals surface area contributed by atoms with Gasteiger partial charge in [-0.05, 0) is 42.5 Å². The van der Waals surface area contributed by atoms with E-state index in [1.807, 2.05) is 24.1 Å². The maximum Gasteiger partial charge on any atom is 0.193 e. The number of thiophene rings is 1. The lowest BCUT2D eigenvalue weighted by Crippen LogP contribution is -2.39. The van der Waals surface area contributed by atoms with Crippen molar-refractivity contribution in [3.63, 3.8) is 0 Å². The number of nitrogens with zero attached hydrogens (tertiary/aromatic N) is 3. The van der Waals surface area contributed by atoms with Crippen molar-refractivity contribution in [2.24, 2.45) is 4.99 Å². The van der Waals surface area contributed by atoms with Crippen molar-refractivity contribution in [3.8, 4) is 0 Å². The summed E-state index contributed by atoms with van der Waals surface area (Å²) < 4.78 is 19.9. The van der Waals surface area contributed by atoms with Crippen LogP contribution in [0.3, 0.4) is 0 Å². The lowest BCUT2D eigenvalue weighted by atomic mass is 10.1. The van der Waals surface area contributed by atoms with Crippen LogP contribution in [0, 0.1) is 5.82 Å². The standard InChI is InChI=1S/C21H29FN4OS.HI/c1-3-23-21(25(2)9-8-18-5-4-14-28-18)24-16-17-6-7-20(19(22)15-17)26-10-12-27-13-11-26;/h4-7,14-15H,3,8-13,16H2,1-2H3,(H,23,24);1H. The van der Waals surface area contributed by atoms with Crippen molar-refractivity contribution in [1.82, 2.24) is 10.2 Å². The Morgan fingerprint density at radius 1 is 1.31 bits per heavy atom. The molecule has 29 heavy (non-hydrogen) atoms. The van der Waals surface area contributed by atoms with Crippen LogP contribution in [0.1, 0.15) is 17.4 Å². The molecule has 160 valence electrons. The van der Waals surface area contributed by atoms with Crippen LogP contribution >= 0.6 is 35.3 Å². The second-order valence-corrected chi connectivity index (χ2v) is 7.84. The van der Waals surface area contributed by atoms with Crippen LogP contribution in [0.25, 0.3) is 0 Å². The maximum absolute atomic E-state index is 14.6. The number of hydrogen-bond acceptors (Lipinski definition) is 4. The Kier molecular flexibility index (Phi) is 10.2. The zero-order valence-electron chi connectivity index (χ0n) is 17.1. The van der Waals surface area contributed by atoms with Gasteiger partial charge in [0.05, 0.1) is 25.4 Å². The minimum atomic E-state index is -0.189. The summed E-state index contributed by atoms with van der Waals surface area (Å²) in [4.78, 5) is 10.2. The molecule has 0 atom stereocenters. The Labute approximate surface area is 194 Å². The molecule has 0 amide bonds. The number of halogens is 2. The van der Waals surface area contributed by atoms with E-state index in [-0.39, 0.29) is 29.8 Å². The molecule has 1 aromatic carbocycles. The van der Waals surface area contributed by atoms with Gasteiger partial charge in [0.1, 0.15) is 5.82 Å². The summed E-state index contributed by atoms with van der Waals surface area (Å²) in [7, 11) is 2.04. The van der Waals surface area contributed by atoms with Crippen molar-refractivity contribution >= 4 is 47.0 Å². The lowest BCUT2D eigenvalue weighted by molar-refractivity contribution is 0.122. The number of ether oxygens (including phenoxy) is 1. The molecule has 1 aliphatic rings. The van der Waals surface area contributed by atoms with Gasteiger partial charge in [-0.2, -0.15) is 0 Å². The van der Waals surface area contributed by atoms with Crippen molar-refractivity contribution in [1.29, 1.82) is 0 Å². The molecule has 0 bridgehead atoms. The SMILES string of the molecule is CCNC(=NCc1ccc(N2CCOCC2)c(F)c1)N(C)CCc1cccs1.I. The molecule has 1 saturated heterocycles. The van der Waals surface area contributed by atoms with E-state index < -0.39 is 0 Å². The summed E-state index contributed by atoms with van der Waals surface area (Å²) in [6, 6.07) is 9.66. The van der Waals surface area contributed by atoms with Gasteiger partial charge in [0.15, 0.2) is 5.96 Å². The molecule has 0 aliphatic carbocycles. The second kappa shape index (κ2) is 12.3. The molecule has 0 spiro atoms. The molecule has 3 rings (SSSR count). The van der Waals surface area contributed by atoms with Crippen LogP contribution in [0.15, 0.2) is 40.7 Å². The highest BCUT2D eigenvalue weighted by atomic mass is 127. The van der Waals surface area contributed by atoms with Gasteiger partial charge in [0.25, 0.3) is 0 Å². The fraction of sp³-hybridized carbons (Fsp3) is 0.476. The predicted octanol–water partition coefficient (Wildman–Crippen LogP) is 3.98. The smallest absolute Gasteiger partial charge is 0.193 e. The molecule has 5 nitrogen and oxygen atoms in total. The first-order valence-electron chi connectivity index (χ1n) is 9.80. The Morgan fingerprint density at radius 3 is 2.76 bits per heavy atom. The molecule has 1 aliphatic heterocycles. The molecule has 0 radical (unpaired) electrons. The molecule has 1 N–H and O–H groups in total. The van der Waals surface area contributed by atoms with E-state index in [0.29, 0.717) is 25.4 Å². The largest absolute Gasteiger partial charge is 0.378 e. The van der Waals surface area contributed by atoms with E-state index in [1.165, 1.54) is 4.88 Å². The number of rotatable bonds is 7. The summed E-state index contributed by atoms with van der Waals surface area (Å²) in [5.41, 5.74) is 1.52. The number of guanidine groups is 1. The molecule has 0 saturated carbocycles. The number of anilines is 1. The zero-order chi connectivity index (χ0) is 19.8. The van der Waals surface area contributed by atoms with Gasteiger partial charge in [-0.1, -0.05) is 12.1 Å². The average Bonchev–Trinajstić information content (AvgIpc) is 3.24. The van der Waals surface area contributed by atoms with E-state index in [4.69, 9.17) is 9.73 Å². The third kappa shape index (κ3) is 7.11. The number of benzene rings is 1. The summed E-state index contributed by atoms with van der Waals surface area (Å²) in [5.74, 6) is 0.655. The lowest BCUT2D eigenvalue weighted by Gasteiger charge is -2.29. The van der Waals surface area contributed by atoms with Crippen LogP contribution < -0.4 is 10.2 Å². The topological polar surface area (TPSA) is 40.1 Å². The first-order chi connectivity index (χ1) is 13.7. The first-order valence-corrected chi connectivity index (χ1v) is 10.7. The fourth-order valence-electron chi connectivity index (χ4n) is 3.18. The number of hydrogen-bond donors (Lipinski definition) is 1. The van der Waals surface area contributed by atoms with Crippen LogP contribution in [0.4, 0.5) is 10.1 Å². The quantitative estimate of drug-likeness (QED) is 0.333. The highest BCUT2D eigenvalue weighted by Gasteiger charge is 2.15. The minimum Gasteiger partial charge on any atom is -0.378 e. The summed E-state index contributed by atoms with van der Waals surface area (Å²) in [6.45, 7) is 6.95. The fourth-order valence-corrected chi connectivity index (χ4v) is 3.88. The predicted molar refractivity (Wildman–Crippen MR) is 130 cm³/mol. The third-order valence-electron chi connectivity index (χ3n) is 4.75. The van der Waals surface area contributed by atoms with E-state index in [9.17, 15) is 4.39 Å². The normalized spacial score (nSPS) is 14.4. The zero-order valence-corrected chi connectivity index (χ0v) is 20.2. The van der Waals surface area contributed by atoms with Crippen molar-refractivity contribution in [3.05, 3.63) is 52.0 Å². The molecule has 1 fully saturated rings. The Balaban J connectivity index is 0.00000300. The van der Waals surface area contributed by atoms with Crippen molar-refractivity contribution < 1.29 is 9.13 Å². The Hall–Kier alpha value is -1.39. The van der Waals surface area contributed by atoms with Crippen LogP contribution in [-0.4, -0.2) is 57.3 Å². The maximum atomic E-state index is 14.6. The third-order valence-corrected chi connectivity index (χ3v) is 5.68. The van der Waals surface area contributed by atoms with Gasteiger partial charge in [-0.15, -0.1) is 35.3 Å². The highest BCUT2D eigenvalue weighted by molar-refractivity contribution is 14.0. The van der Waals surface area contributed by atoms with Crippen molar-refractivity contribution in [2.45, 2.75) is 19.9 Å². The van der Waals surface area contributed by atoms with E-state index in [1.54, 1.807) is 17.4 Å². The minimum absolute atomic E-state index is 0. The van der Waals surface area contributed by atoms with E-state index in [0.717, 1.165) is 44.1 Å². The van der Waals surface area contributed by atoms with Gasteiger partial charge in [-0.3, -0.25) is 0 Å². The van der Waals surface area contributed by atoms with Crippen molar-refractivity contribution in [2.75, 3.05) is 51.3 Å². The van der Waals surface area contributed by atoms with Crippen LogP contribution in [0.5, 0.6) is 0 Å². The summed E-state index contributed by atoms with van der Waals surface area (Å²) in [5, 5.41) is 5.42. The highest BCUT2D eigenvalue weighted by Crippen LogP contribution is 2.22. The molecular weight excluding hydrogens is 502 g/mol. The monoisotopic (exact) mass is 532 g/mol. The average molecular weight is 532 g/mol. The van der Waals surface area contributed by atoms with Crippen LogP contribution in [-0.2, 0) is 17.7 Å². The van der Waals surface area contributed by atoms with Crippen LogP contribution in [0.2, 0.25) is 0 Å². The number of nitrogens with one attached hydrogen (secondary N) is 1. The van der Waals surface area contributed by atoms with E-state index in [2.05, 4.69) is 34.7 Å². The summed E-state index contributed by atoms with van der Waals surface area (Å²) in [6.07, 6.45) is 0.988.